The number of rotatable bonds is 8. The Morgan fingerprint density at radius 1 is 1.21 bits per heavy atom. The van der Waals surface area contributed by atoms with Crippen LogP contribution in [0, 0.1) is 0 Å². The number of carbonyl (C=O) groups is 1. The molecule has 2 atom stereocenters. The first-order valence-corrected chi connectivity index (χ1v) is 8.91. The van der Waals surface area contributed by atoms with Gasteiger partial charge in [0.1, 0.15) is 5.75 Å². The van der Waals surface area contributed by atoms with Crippen molar-refractivity contribution in [1.82, 2.24) is 10.2 Å². The number of hydrogen-bond donors (Lipinski definition) is 1. The number of ether oxygens (including phenoxy) is 2. The highest BCUT2D eigenvalue weighted by Crippen LogP contribution is 2.17. The summed E-state index contributed by atoms with van der Waals surface area (Å²) >= 11 is 0. The van der Waals surface area contributed by atoms with Crippen molar-refractivity contribution in [1.29, 1.82) is 0 Å². The van der Waals surface area contributed by atoms with Crippen LogP contribution < -0.4 is 10.1 Å². The Bertz CT molecular complexity index is 504. The number of hydrogen-bond acceptors (Lipinski definition) is 5. The Morgan fingerprint density at radius 2 is 1.92 bits per heavy atom. The molecular formula is C19H30N2O3. The predicted molar refractivity (Wildman–Crippen MR) is 95.1 cm³/mol. The molecule has 1 aliphatic rings. The van der Waals surface area contributed by atoms with Gasteiger partial charge in [0.05, 0.1) is 20.1 Å². The Labute approximate surface area is 145 Å². The fraction of sp³-hybridized carbons (Fsp3) is 0.632. The van der Waals surface area contributed by atoms with Gasteiger partial charge in [0, 0.05) is 31.7 Å². The molecule has 0 spiro atoms. The molecule has 0 radical (unpaired) electrons. The Hall–Kier alpha value is -1.59. The molecule has 0 aliphatic carbocycles. The van der Waals surface area contributed by atoms with Gasteiger partial charge in [-0.05, 0) is 31.0 Å². The van der Waals surface area contributed by atoms with Crippen molar-refractivity contribution in [3.05, 3.63) is 29.8 Å². The third kappa shape index (κ3) is 5.80. The van der Waals surface area contributed by atoms with Gasteiger partial charge in [0.15, 0.2) is 0 Å². The first-order chi connectivity index (χ1) is 11.6. The lowest BCUT2D eigenvalue weighted by molar-refractivity contribution is -0.144. The third-order valence-electron chi connectivity index (χ3n) is 4.35. The summed E-state index contributed by atoms with van der Waals surface area (Å²) in [5.74, 6) is 0.764. The van der Waals surface area contributed by atoms with Gasteiger partial charge in [-0.3, -0.25) is 9.69 Å². The molecule has 1 saturated heterocycles. The zero-order chi connectivity index (χ0) is 17.4. The Balaban J connectivity index is 1.96. The van der Waals surface area contributed by atoms with E-state index < -0.39 is 0 Å². The number of nitrogens with zero attached hydrogens (tertiary/aromatic N) is 1. The minimum Gasteiger partial charge on any atom is -0.497 e. The molecule has 0 amide bonds. The zero-order valence-corrected chi connectivity index (χ0v) is 15.1. The normalized spacial score (nSPS) is 21.5. The number of piperazine rings is 1. The minimum absolute atomic E-state index is 0.114. The van der Waals surface area contributed by atoms with Gasteiger partial charge in [0.25, 0.3) is 0 Å². The van der Waals surface area contributed by atoms with Crippen LogP contribution in [-0.4, -0.2) is 49.8 Å². The van der Waals surface area contributed by atoms with E-state index in [1.165, 1.54) is 5.56 Å². The van der Waals surface area contributed by atoms with Crippen molar-refractivity contribution in [3.63, 3.8) is 0 Å². The molecule has 0 aromatic heterocycles. The lowest BCUT2D eigenvalue weighted by Gasteiger charge is -2.39. The Kier molecular flexibility index (Phi) is 7.53. The van der Waals surface area contributed by atoms with Crippen molar-refractivity contribution in [3.8, 4) is 5.75 Å². The molecule has 1 aliphatic heterocycles. The summed E-state index contributed by atoms with van der Waals surface area (Å²) < 4.78 is 10.3. The molecule has 5 nitrogen and oxygen atoms in total. The number of carbonyl (C=O) groups excluding carboxylic acids is 1. The first-order valence-electron chi connectivity index (χ1n) is 8.91. The van der Waals surface area contributed by atoms with Crippen LogP contribution in [0.1, 0.15) is 38.7 Å². The molecule has 1 aromatic rings. The fourth-order valence-electron chi connectivity index (χ4n) is 3.32. The second-order valence-corrected chi connectivity index (χ2v) is 6.40. The Morgan fingerprint density at radius 3 is 2.54 bits per heavy atom. The van der Waals surface area contributed by atoms with E-state index in [0.717, 1.165) is 38.2 Å². The maximum Gasteiger partial charge on any atom is 0.307 e. The number of benzene rings is 1. The zero-order valence-electron chi connectivity index (χ0n) is 15.1. The molecule has 134 valence electrons. The van der Waals surface area contributed by atoms with Gasteiger partial charge < -0.3 is 14.8 Å². The number of methoxy groups -OCH3 is 1. The summed E-state index contributed by atoms with van der Waals surface area (Å²) in [6, 6.07) is 8.80. The third-order valence-corrected chi connectivity index (χ3v) is 4.35. The SMILES string of the molecule is CCC[C@@H]1CN(Cc2ccc(OC)cc2)C[C@H](CC(=O)OCC)N1. The average Bonchev–Trinajstić information content (AvgIpc) is 2.56. The van der Waals surface area contributed by atoms with Crippen LogP contribution in [0.15, 0.2) is 24.3 Å². The number of esters is 1. The maximum atomic E-state index is 11.8. The van der Waals surface area contributed by atoms with E-state index in [1.807, 2.05) is 19.1 Å². The van der Waals surface area contributed by atoms with E-state index >= 15 is 0 Å². The van der Waals surface area contributed by atoms with E-state index in [-0.39, 0.29) is 12.0 Å². The minimum atomic E-state index is -0.114. The topological polar surface area (TPSA) is 50.8 Å². The van der Waals surface area contributed by atoms with Crippen molar-refractivity contribution in [2.45, 2.75) is 51.7 Å². The van der Waals surface area contributed by atoms with Crippen molar-refractivity contribution < 1.29 is 14.3 Å². The molecule has 24 heavy (non-hydrogen) atoms. The summed E-state index contributed by atoms with van der Waals surface area (Å²) in [6.45, 7) is 7.27. The van der Waals surface area contributed by atoms with E-state index in [2.05, 4.69) is 29.3 Å². The lowest BCUT2D eigenvalue weighted by atomic mass is 10.0. The number of nitrogens with one attached hydrogen (secondary N) is 1. The van der Waals surface area contributed by atoms with Gasteiger partial charge in [-0.15, -0.1) is 0 Å². The first kappa shape index (κ1) is 18.7. The van der Waals surface area contributed by atoms with E-state index in [9.17, 15) is 4.79 Å². The van der Waals surface area contributed by atoms with Crippen LogP contribution in [0.4, 0.5) is 0 Å². The summed E-state index contributed by atoms with van der Waals surface area (Å²) in [4.78, 5) is 14.2. The molecule has 0 saturated carbocycles. The van der Waals surface area contributed by atoms with Gasteiger partial charge in [0.2, 0.25) is 0 Å². The molecule has 5 heteroatoms. The van der Waals surface area contributed by atoms with Crippen LogP contribution in [0.3, 0.4) is 0 Å². The van der Waals surface area contributed by atoms with Gasteiger partial charge in [-0.25, -0.2) is 0 Å². The molecular weight excluding hydrogens is 304 g/mol. The van der Waals surface area contributed by atoms with E-state index in [1.54, 1.807) is 7.11 Å². The fourth-order valence-corrected chi connectivity index (χ4v) is 3.32. The standard InChI is InChI=1S/C19H30N2O3/c1-4-6-16-13-21(12-15-7-9-18(23-3)10-8-15)14-17(20-16)11-19(22)24-5-2/h7-10,16-17,20H,4-6,11-14H2,1-3H3/t16-,17+/m1/s1. The van der Waals surface area contributed by atoms with E-state index in [0.29, 0.717) is 19.1 Å². The summed E-state index contributed by atoms with van der Waals surface area (Å²) in [7, 11) is 1.68. The monoisotopic (exact) mass is 334 g/mol. The van der Waals surface area contributed by atoms with Crippen LogP contribution in [0.5, 0.6) is 5.75 Å². The molecule has 2 rings (SSSR count). The highest BCUT2D eigenvalue weighted by atomic mass is 16.5. The van der Waals surface area contributed by atoms with Gasteiger partial charge in [-0.2, -0.15) is 0 Å². The quantitative estimate of drug-likeness (QED) is 0.741. The second kappa shape index (κ2) is 9.64. The predicted octanol–water partition coefficient (Wildman–Crippen LogP) is 2.59. The van der Waals surface area contributed by atoms with Crippen molar-refractivity contribution in [2.75, 3.05) is 26.8 Å². The summed E-state index contributed by atoms with van der Waals surface area (Å²) in [6.07, 6.45) is 2.70. The molecule has 0 bridgehead atoms. The lowest BCUT2D eigenvalue weighted by Crippen LogP contribution is -2.56. The smallest absolute Gasteiger partial charge is 0.307 e. The van der Waals surface area contributed by atoms with Gasteiger partial charge in [-0.1, -0.05) is 25.5 Å². The molecule has 1 aromatic carbocycles. The summed E-state index contributed by atoms with van der Waals surface area (Å²) in [5.41, 5.74) is 1.27. The van der Waals surface area contributed by atoms with Crippen LogP contribution in [0.2, 0.25) is 0 Å². The van der Waals surface area contributed by atoms with Crippen molar-refractivity contribution in [2.24, 2.45) is 0 Å². The van der Waals surface area contributed by atoms with Crippen LogP contribution in [-0.2, 0) is 16.1 Å². The van der Waals surface area contributed by atoms with Crippen LogP contribution in [0.25, 0.3) is 0 Å². The van der Waals surface area contributed by atoms with Crippen LogP contribution >= 0.6 is 0 Å². The maximum absolute atomic E-state index is 11.8. The summed E-state index contributed by atoms with van der Waals surface area (Å²) in [5, 5.41) is 3.62. The molecule has 1 heterocycles. The molecule has 0 unspecified atom stereocenters. The highest BCUT2D eigenvalue weighted by molar-refractivity contribution is 5.70. The van der Waals surface area contributed by atoms with Crippen molar-refractivity contribution >= 4 is 5.97 Å². The molecule has 1 N–H and O–H groups in total. The second-order valence-electron chi connectivity index (χ2n) is 6.40. The largest absolute Gasteiger partial charge is 0.497 e. The van der Waals surface area contributed by atoms with E-state index in [4.69, 9.17) is 9.47 Å². The molecule has 1 fully saturated rings. The van der Waals surface area contributed by atoms with Gasteiger partial charge >= 0.3 is 5.97 Å². The highest BCUT2D eigenvalue weighted by Gasteiger charge is 2.27. The average molecular weight is 334 g/mol.